The summed E-state index contributed by atoms with van der Waals surface area (Å²) in [5, 5.41) is 0. The first-order valence-corrected chi connectivity index (χ1v) is 8.64. The van der Waals surface area contributed by atoms with Crippen LogP contribution in [0, 0.1) is 6.92 Å². The summed E-state index contributed by atoms with van der Waals surface area (Å²) in [5.41, 5.74) is 4.64. The van der Waals surface area contributed by atoms with Crippen molar-refractivity contribution in [1.29, 1.82) is 0 Å². The highest BCUT2D eigenvalue weighted by molar-refractivity contribution is 5.83. The lowest BCUT2D eigenvalue weighted by Gasteiger charge is -2.28. The molecule has 0 aliphatic rings. The average Bonchev–Trinajstić information content (AvgIpc) is 2.63. The van der Waals surface area contributed by atoms with E-state index in [4.69, 9.17) is 0 Å². The molecule has 3 rings (SSSR count). The van der Waals surface area contributed by atoms with Crippen LogP contribution in [0.3, 0.4) is 0 Å². The van der Waals surface area contributed by atoms with Crippen LogP contribution in [0.25, 0.3) is 11.0 Å². The smallest absolute Gasteiger partial charge is 0.244 e. The summed E-state index contributed by atoms with van der Waals surface area (Å²) in [6, 6.07) is 15.5. The number of hydrogen-bond donors (Lipinski definition) is 0. The van der Waals surface area contributed by atoms with Gasteiger partial charge in [0.1, 0.15) is 6.04 Å². The van der Waals surface area contributed by atoms with Gasteiger partial charge in [-0.05, 0) is 38.7 Å². The van der Waals surface area contributed by atoms with Crippen molar-refractivity contribution < 1.29 is 4.79 Å². The fourth-order valence-electron chi connectivity index (χ4n) is 3.01. The van der Waals surface area contributed by atoms with Gasteiger partial charge in [0.2, 0.25) is 5.91 Å². The zero-order valence-corrected chi connectivity index (χ0v) is 15.7. The van der Waals surface area contributed by atoms with E-state index < -0.39 is 0 Å². The SMILES string of the molecule is Cc1ccc([C@@H](C(=O)N(C)Cc2cnc3ccccc3n2)N(C)C)cc1. The van der Waals surface area contributed by atoms with Crippen molar-refractivity contribution in [3.63, 3.8) is 0 Å². The molecule has 1 amide bonds. The second-order valence-corrected chi connectivity index (χ2v) is 6.82. The van der Waals surface area contributed by atoms with Gasteiger partial charge >= 0.3 is 0 Å². The van der Waals surface area contributed by atoms with Crippen LogP contribution in [0.1, 0.15) is 22.9 Å². The molecule has 0 bridgehead atoms. The van der Waals surface area contributed by atoms with Crippen LogP contribution >= 0.6 is 0 Å². The predicted molar refractivity (Wildman–Crippen MR) is 104 cm³/mol. The Morgan fingerprint density at radius 2 is 1.65 bits per heavy atom. The van der Waals surface area contributed by atoms with Gasteiger partial charge in [0.25, 0.3) is 0 Å². The van der Waals surface area contributed by atoms with E-state index in [0.717, 1.165) is 22.3 Å². The van der Waals surface area contributed by atoms with Crippen LogP contribution in [0.4, 0.5) is 0 Å². The number of aryl methyl sites for hydroxylation is 1. The van der Waals surface area contributed by atoms with Crippen molar-refractivity contribution in [3.8, 4) is 0 Å². The van der Waals surface area contributed by atoms with E-state index in [9.17, 15) is 4.79 Å². The van der Waals surface area contributed by atoms with Gasteiger partial charge in [-0.25, -0.2) is 4.98 Å². The number of aromatic nitrogens is 2. The average molecular weight is 348 g/mol. The molecule has 0 N–H and O–H groups in total. The lowest BCUT2D eigenvalue weighted by molar-refractivity contribution is -0.135. The van der Waals surface area contributed by atoms with Crippen LogP contribution in [0.2, 0.25) is 0 Å². The maximum Gasteiger partial charge on any atom is 0.244 e. The third-order valence-electron chi connectivity index (χ3n) is 4.42. The topological polar surface area (TPSA) is 49.3 Å². The Bertz CT molecular complexity index is 905. The molecule has 0 radical (unpaired) electrons. The molecule has 0 saturated heterocycles. The molecule has 3 aromatic rings. The second-order valence-electron chi connectivity index (χ2n) is 6.82. The summed E-state index contributed by atoms with van der Waals surface area (Å²) in [7, 11) is 5.65. The minimum absolute atomic E-state index is 0.0359. The van der Waals surface area contributed by atoms with Crippen LogP contribution in [0.15, 0.2) is 54.7 Å². The van der Waals surface area contributed by atoms with Gasteiger partial charge in [0.05, 0.1) is 29.5 Å². The van der Waals surface area contributed by atoms with Gasteiger partial charge in [0.15, 0.2) is 0 Å². The minimum atomic E-state index is -0.325. The number of para-hydroxylation sites is 2. The highest BCUT2D eigenvalue weighted by Crippen LogP contribution is 2.22. The van der Waals surface area contributed by atoms with E-state index in [1.807, 2.05) is 81.5 Å². The standard InChI is InChI=1S/C21H24N4O/c1-15-9-11-16(12-10-15)20(24(2)3)21(26)25(4)14-17-13-22-18-7-5-6-8-19(18)23-17/h5-13,20H,14H2,1-4H3/t20-/m0/s1. The van der Waals surface area contributed by atoms with Gasteiger partial charge in [-0.15, -0.1) is 0 Å². The quantitative estimate of drug-likeness (QED) is 0.710. The number of rotatable bonds is 5. The van der Waals surface area contributed by atoms with Crippen molar-refractivity contribution >= 4 is 16.9 Å². The Balaban J connectivity index is 1.80. The van der Waals surface area contributed by atoms with Crippen molar-refractivity contribution in [3.05, 3.63) is 71.5 Å². The maximum absolute atomic E-state index is 13.1. The normalized spacial score (nSPS) is 12.3. The number of hydrogen-bond acceptors (Lipinski definition) is 4. The molecule has 5 heteroatoms. The van der Waals surface area contributed by atoms with E-state index in [0.29, 0.717) is 6.54 Å². The number of carbonyl (C=O) groups is 1. The zero-order valence-electron chi connectivity index (χ0n) is 15.7. The Kier molecular flexibility index (Phi) is 5.28. The largest absolute Gasteiger partial charge is 0.338 e. The Morgan fingerprint density at radius 1 is 1.00 bits per heavy atom. The van der Waals surface area contributed by atoms with Crippen LogP contribution < -0.4 is 0 Å². The molecule has 1 heterocycles. The lowest BCUT2D eigenvalue weighted by atomic mass is 10.0. The first-order chi connectivity index (χ1) is 12.5. The van der Waals surface area contributed by atoms with Crippen LogP contribution in [-0.2, 0) is 11.3 Å². The second kappa shape index (κ2) is 7.62. The first-order valence-electron chi connectivity index (χ1n) is 8.64. The molecule has 0 fully saturated rings. The van der Waals surface area contributed by atoms with E-state index in [2.05, 4.69) is 9.97 Å². The van der Waals surface area contributed by atoms with E-state index >= 15 is 0 Å². The minimum Gasteiger partial charge on any atom is -0.338 e. The van der Waals surface area contributed by atoms with Gasteiger partial charge in [-0.1, -0.05) is 42.0 Å². The summed E-state index contributed by atoms with van der Waals surface area (Å²) < 4.78 is 0. The third-order valence-corrected chi connectivity index (χ3v) is 4.42. The van der Waals surface area contributed by atoms with Gasteiger partial charge < -0.3 is 4.90 Å². The first kappa shape index (κ1) is 18.0. The predicted octanol–water partition coefficient (Wildman–Crippen LogP) is 3.20. The fraction of sp³-hybridized carbons (Fsp3) is 0.286. The third kappa shape index (κ3) is 3.89. The number of nitrogens with zero attached hydrogens (tertiary/aromatic N) is 4. The van der Waals surface area contributed by atoms with Gasteiger partial charge in [0, 0.05) is 7.05 Å². The molecular formula is C21H24N4O. The fourth-order valence-corrected chi connectivity index (χ4v) is 3.01. The molecule has 0 aliphatic heterocycles. The highest BCUT2D eigenvalue weighted by atomic mass is 16.2. The Morgan fingerprint density at radius 3 is 2.31 bits per heavy atom. The molecule has 0 saturated carbocycles. The monoisotopic (exact) mass is 348 g/mol. The van der Waals surface area contributed by atoms with E-state index in [1.54, 1.807) is 11.1 Å². The molecule has 134 valence electrons. The summed E-state index contributed by atoms with van der Waals surface area (Å²) in [4.78, 5) is 25.8. The maximum atomic E-state index is 13.1. The number of carbonyl (C=O) groups excluding carboxylic acids is 1. The van der Waals surface area contributed by atoms with Crippen molar-refractivity contribution in [1.82, 2.24) is 19.8 Å². The molecule has 0 spiro atoms. The molecule has 5 nitrogen and oxygen atoms in total. The molecular weight excluding hydrogens is 324 g/mol. The Hall–Kier alpha value is -2.79. The molecule has 2 aromatic carbocycles. The number of fused-ring (bicyclic) bond motifs is 1. The number of likely N-dealkylation sites (N-methyl/N-ethyl adjacent to an activating group) is 2. The van der Waals surface area contributed by atoms with Gasteiger partial charge in [-0.2, -0.15) is 0 Å². The molecule has 1 atom stereocenters. The summed E-state index contributed by atoms with van der Waals surface area (Å²) in [5.74, 6) is 0.0359. The number of benzene rings is 2. The summed E-state index contributed by atoms with van der Waals surface area (Å²) >= 11 is 0. The van der Waals surface area contributed by atoms with Crippen molar-refractivity contribution in [2.75, 3.05) is 21.1 Å². The number of amides is 1. The van der Waals surface area contributed by atoms with E-state index in [-0.39, 0.29) is 11.9 Å². The zero-order chi connectivity index (χ0) is 18.7. The Labute approximate surface area is 154 Å². The molecule has 1 aromatic heterocycles. The summed E-state index contributed by atoms with van der Waals surface area (Å²) in [6.45, 7) is 2.47. The van der Waals surface area contributed by atoms with Crippen molar-refractivity contribution in [2.45, 2.75) is 19.5 Å². The lowest BCUT2D eigenvalue weighted by Crippen LogP contribution is -2.38. The van der Waals surface area contributed by atoms with Gasteiger partial charge in [-0.3, -0.25) is 14.7 Å². The van der Waals surface area contributed by atoms with Crippen molar-refractivity contribution in [2.24, 2.45) is 0 Å². The van der Waals surface area contributed by atoms with Crippen LogP contribution in [0.5, 0.6) is 0 Å². The molecule has 26 heavy (non-hydrogen) atoms. The van der Waals surface area contributed by atoms with E-state index in [1.165, 1.54) is 5.56 Å². The highest BCUT2D eigenvalue weighted by Gasteiger charge is 2.26. The molecule has 0 aliphatic carbocycles. The summed E-state index contributed by atoms with van der Waals surface area (Å²) in [6.07, 6.45) is 1.74. The van der Waals surface area contributed by atoms with Crippen LogP contribution in [-0.4, -0.2) is 46.8 Å². The molecule has 0 unspecified atom stereocenters.